The lowest BCUT2D eigenvalue weighted by Crippen LogP contribution is -2.31. The Balaban J connectivity index is 1.30. The number of rotatable bonds is 8. The number of aliphatic imine (C=N–C) groups is 1. The minimum Gasteiger partial charge on any atom is -0.491 e. The summed E-state index contributed by atoms with van der Waals surface area (Å²) in [7, 11) is -5.50. The third-order valence-electron chi connectivity index (χ3n) is 6.90. The minimum atomic E-state index is -5.50. The van der Waals surface area contributed by atoms with E-state index < -0.39 is 51.4 Å². The van der Waals surface area contributed by atoms with Crippen molar-refractivity contribution in [2.75, 3.05) is 22.6 Å². The number of sulfone groups is 1. The van der Waals surface area contributed by atoms with Crippen LogP contribution in [0.3, 0.4) is 0 Å². The van der Waals surface area contributed by atoms with Gasteiger partial charge in [0.25, 0.3) is 9.84 Å². The number of carbonyl (C=O) groups excluding carboxylic acids is 2. The molecule has 5 rings (SSSR count). The third-order valence-corrected chi connectivity index (χ3v) is 9.32. The van der Waals surface area contributed by atoms with Gasteiger partial charge in [0.2, 0.25) is 5.91 Å². The van der Waals surface area contributed by atoms with Gasteiger partial charge in [0.15, 0.2) is 11.0 Å². The molecule has 49 heavy (non-hydrogen) atoms. The minimum absolute atomic E-state index is 0.00169. The summed E-state index contributed by atoms with van der Waals surface area (Å²) in [6, 6.07) is 12.5. The van der Waals surface area contributed by atoms with Crippen LogP contribution in [0.2, 0.25) is 0 Å². The second-order valence-electron chi connectivity index (χ2n) is 10.5. The van der Waals surface area contributed by atoms with Crippen LogP contribution < -0.4 is 15.0 Å². The number of alkyl halides is 6. The van der Waals surface area contributed by atoms with E-state index in [9.17, 15) is 44.3 Å². The van der Waals surface area contributed by atoms with Crippen molar-refractivity contribution in [3.63, 3.8) is 0 Å². The molecule has 0 aliphatic carbocycles. The van der Waals surface area contributed by atoms with E-state index in [2.05, 4.69) is 20.4 Å². The molecule has 4 aromatic rings. The van der Waals surface area contributed by atoms with Crippen molar-refractivity contribution in [3.8, 4) is 22.8 Å². The third kappa shape index (κ3) is 8.05. The zero-order valence-electron chi connectivity index (χ0n) is 25.3. The summed E-state index contributed by atoms with van der Waals surface area (Å²) in [6.45, 7) is 2.73. The van der Waals surface area contributed by atoms with Gasteiger partial charge >= 0.3 is 17.7 Å². The first-order valence-electron chi connectivity index (χ1n) is 14.0. The molecule has 2 heterocycles. The molecule has 1 aromatic heterocycles. The number of ether oxygens (including phenoxy) is 1. The molecule has 1 saturated heterocycles. The highest BCUT2D eigenvalue weighted by molar-refractivity contribution is 8.15. The zero-order valence-corrected chi connectivity index (χ0v) is 27.0. The van der Waals surface area contributed by atoms with Crippen LogP contribution in [0.25, 0.3) is 17.1 Å². The molecule has 1 aliphatic rings. The van der Waals surface area contributed by atoms with E-state index in [0.717, 1.165) is 40.9 Å². The van der Waals surface area contributed by atoms with E-state index in [0.29, 0.717) is 22.4 Å². The van der Waals surface area contributed by atoms with Crippen LogP contribution in [-0.4, -0.2) is 64.3 Å². The molecule has 0 bridgehead atoms. The normalized spacial score (nSPS) is 14.8. The number of hydrogen-bond donors (Lipinski definition) is 1. The summed E-state index contributed by atoms with van der Waals surface area (Å²) >= 11 is 0.974. The molecule has 0 unspecified atom stereocenters. The van der Waals surface area contributed by atoms with Crippen molar-refractivity contribution in [2.45, 2.75) is 36.8 Å². The molecule has 3 aromatic carbocycles. The molecule has 0 radical (unpaired) electrons. The summed E-state index contributed by atoms with van der Waals surface area (Å²) in [4.78, 5) is 34.2. The van der Waals surface area contributed by atoms with E-state index >= 15 is 0 Å². The fraction of sp³-hybridized carbons (Fsp3) is 0.233. The van der Waals surface area contributed by atoms with Gasteiger partial charge in [-0.1, -0.05) is 17.8 Å². The number of aryl methyl sites for hydroxylation is 2. The molecule has 19 heteroatoms. The molecule has 1 fully saturated rings. The number of aromatic nitrogens is 3. The summed E-state index contributed by atoms with van der Waals surface area (Å²) in [6.07, 6.45) is -4.34. The molecular weight excluding hydrogens is 702 g/mol. The number of halogens is 6. The number of carbonyl (C=O) groups is 2. The second-order valence-corrected chi connectivity index (χ2v) is 13.4. The monoisotopic (exact) mass is 726 g/mol. The average molecular weight is 727 g/mol. The Kier molecular flexibility index (Phi) is 9.78. The van der Waals surface area contributed by atoms with Crippen molar-refractivity contribution >= 4 is 50.1 Å². The summed E-state index contributed by atoms with van der Waals surface area (Å²) in [5.74, 6) is -0.270. The van der Waals surface area contributed by atoms with Crippen LogP contribution in [0.15, 0.2) is 76.9 Å². The van der Waals surface area contributed by atoms with Gasteiger partial charge in [0.05, 0.1) is 35.1 Å². The maximum absolute atomic E-state index is 13.0. The first-order chi connectivity index (χ1) is 22.9. The highest BCUT2D eigenvalue weighted by atomic mass is 32.2. The van der Waals surface area contributed by atoms with E-state index in [1.165, 1.54) is 17.1 Å². The Morgan fingerprint density at radius 2 is 1.73 bits per heavy atom. The van der Waals surface area contributed by atoms with Crippen molar-refractivity contribution in [1.29, 1.82) is 0 Å². The summed E-state index contributed by atoms with van der Waals surface area (Å²) in [5, 5.41) is 6.93. The van der Waals surface area contributed by atoms with Gasteiger partial charge in [-0.3, -0.25) is 9.69 Å². The molecular formula is C30H24F6N6O5S2. The second kappa shape index (κ2) is 13.5. The molecule has 3 amide bonds. The molecule has 1 N–H and O–H groups in total. The molecule has 0 saturated carbocycles. The Morgan fingerprint density at radius 1 is 1.02 bits per heavy atom. The summed E-state index contributed by atoms with van der Waals surface area (Å²) in [5.41, 5.74) is -2.91. The van der Waals surface area contributed by atoms with E-state index in [4.69, 9.17) is 4.74 Å². The highest BCUT2D eigenvalue weighted by Gasteiger charge is 2.46. The highest BCUT2D eigenvalue weighted by Crippen LogP contribution is 2.36. The van der Waals surface area contributed by atoms with Crippen molar-refractivity contribution in [1.82, 2.24) is 14.8 Å². The predicted octanol–water partition coefficient (Wildman–Crippen LogP) is 6.84. The van der Waals surface area contributed by atoms with Gasteiger partial charge < -0.3 is 10.1 Å². The Hall–Kier alpha value is -4.91. The standard InChI is InChI=1S/C30H24F6N6O5S2/c1-17-3-10-24(47-12-11-29(31,32)33)23(13-17)42-25(43)15-48-28(42)39-27(44)38-22-9-4-19(14-18(22)2)26-37-16-41(40-26)20-5-7-21(8-6-20)49(45,46)30(34,35)36/h3-10,13-14,16H,11-12,15H2,1-2H3,(H,38,44)/b39-28-. The average Bonchev–Trinajstić information content (AvgIpc) is 3.65. The smallest absolute Gasteiger partial charge is 0.491 e. The Bertz CT molecular complexity index is 2050. The number of anilines is 2. The number of amides is 3. The zero-order chi connectivity index (χ0) is 35.7. The molecule has 0 atom stereocenters. The number of amidine groups is 1. The van der Waals surface area contributed by atoms with E-state index in [1.54, 1.807) is 44.2 Å². The maximum atomic E-state index is 13.0. The largest absolute Gasteiger partial charge is 0.501 e. The topological polar surface area (TPSA) is 136 Å². The first-order valence-corrected chi connectivity index (χ1v) is 16.5. The number of nitrogens with one attached hydrogen (secondary N) is 1. The quantitative estimate of drug-likeness (QED) is 0.195. The van der Waals surface area contributed by atoms with Gasteiger partial charge in [-0.25, -0.2) is 22.9 Å². The lowest BCUT2D eigenvalue weighted by molar-refractivity contribution is -0.139. The molecule has 0 spiro atoms. The Labute approximate surface area is 278 Å². The number of urea groups is 1. The van der Waals surface area contributed by atoms with Crippen molar-refractivity contribution in [3.05, 3.63) is 78.1 Å². The molecule has 11 nitrogen and oxygen atoms in total. The van der Waals surface area contributed by atoms with Gasteiger partial charge in [0.1, 0.15) is 12.1 Å². The van der Waals surface area contributed by atoms with Crippen molar-refractivity contribution < 1.29 is 49.1 Å². The number of hydrogen-bond acceptors (Lipinski definition) is 8. The van der Waals surface area contributed by atoms with Gasteiger partial charge in [-0.2, -0.15) is 31.3 Å². The fourth-order valence-corrected chi connectivity index (χ4v) is 6.11. The maximum Gasteiger partial charge on any atom is 0.501 e. The van der Waals surface area contributed by atoms with Gasteiger partial charge in [-0.05, 0) is 79.6 Å². The molecule has 1 aliphatic heterocycles. The van der Waals surface area contributed by atoms with Crippen LogP contribution in [-0.2, 0) is 14.6 Å². The summed E-state index contributed by atoms with van der Waals surface area (Å²) < 4.78 is 106. The van der Waals surface area contributed by atoms with Crippen LogP contribution >= 0.6 is 11.8 Å². The fourth-order valence-electron chi connectivity index (χ4n) is 4.49. The number of nitrogens with zero attached hydrogens (tertiary/aromatic N) is 5. The lowest BCUT2D eigenvalue weighted by Gasteiger charge is -2.21. The Morgan fingerprint density at radius 3 is 2.39 bits per heavy atom. The first kappa shape index (κ1) is 35.4. The van der Waals surface area contributed by atoms with Crippen LogP contribution in [0.5, 0.6) is 5.75 Å². The van der Waals surface area contributed by atoms with E-state index in [-0.39, 0.29) is 33.9 Å². The SMILES string of the molecule is Cc1ccc(OCCC(F)(F)F)c(N2C(=O)CS/C2=N\C(=O)Nc2ccc(-c3ncn(-c4ccc(S(=O)(=O)C(F)(F)F)cc4)n3)cc2C)c1. The van der Waals surface area contributed by atoms with Crippen LogP contribution in [0, 0.1) is 13.8 Å². The number of benzene rings is 3. The van der Waals surface area contributed by atoms with Crippen LogP contribution in [0.4, 0.5) is 42.5 Å². The predicted molar refractivity (Wildman–Crippen MR) is 169 cm³/mol. The number of thioether (sulfide) groups is 1. The van der Waals surface area contributed by atoms with Gasteiger partial charge in [0, 0.05) is 11.3 Å². The lowest BCUT2D eigenvalue weighted by atomic mass is 10.1. The van der Waals surface area contributed by atoms with Crippen LogP contribution in [0.1, 0.15) is 17.5 Å². The van der Waals surface area contributed by atoms with E-state index in [1.807, 2.05) is 0 Å². The molecule has 258 valence electrons. The van der Waals surface area contributed by atoms with Gasteiger partial charge in [-0.15, -0.1) is 5.10 Å². The van der Waals surface area contributed by atoms with Crippen molar-refractivity contribution in [2.24, 2.45) is 4.99 Å².